The number of nitrogens with zero attached hydrogens (tertiary/aromatic N) is 1. The van der Waals surface area contributed by atoms with Crippen molar-refractivity contribution in [2.24, 2.45) is 4.99 Å². The maximum atomic E-state index is 13.3. The Morgan fingerprint density at radius 1 is 1.00 bits per heavy atom. The number of amides is 1. The first-order valence-corrected chi connectivity index (χ1v) is 13.8. The Morgan fingerprint density at radius 2 is 1.74 bits per heavy atom. The van der Waals surface area contributed by atoms with E-state index in [9.17, 15) is 4.79 Å². The largest absolute Gasteiger partial charge is 0.489 e. The highest BCUT2D eigenvalue weighted by molar-refractivity contribution is 7.16. The number of ether oxygens (including phenoxy) is 1. The van der Waals surface area contributed by atoms with E-state index < -0.39 is 0 Å². The number of hydrogen-bond donors (Lipinski definition) is 1. The molecule has 0 atom stereocenters. The van der Waals surface area contributed by atoms with E-state index in [4.69, 9.17) is 21.3 Å². The molecule has 1 saturated carbocycles. The molecule has 1 heterocycles. The van der Waals surface area contributed by atoms with Crippen LogP contribution in [0.15, 0.2) is 53.5 Å². The number of hydrogen-bond acceptors (Lipinski definition) is 4. The fourth-order valence-corrected chi connectivity index (χ4v) is 6.27. The Labute approximate surface area is 216 Å². The van der Waals surface area contributed by atoms with Gasteiger partial charge in [0.2, 0.25) is 0 Å². The quantitative estimate of drug-likeness (QED) is 0.334. The number of carbonyl (C=O) groups is 1. The van der Waals surface area contributed by atoms with Gasteiger partial charge in [0.05, 0.1) is 5.56 Å². The van der Waals surface area contributed by atoms with Gasteiger partial charge >= 0.3 is 0 Å². The number of halogens is 1. The highest BCUT2D eigenvalue weighted by atomic mass is 35.5. The van der Waals surface area contributed by atoms with Crippen molar-refractivity contribution in [3.05, 3.63) is 80.7 Å². The average Bonchev–Trinajstić information content (AvgIpc) is 3.27. The molecule has 5 rings (SSSR count). The minimum absolute atomic E-state index is 0.0643. The molecular formula is C29H31ClN2O2S. The molecule has 0 radical (unpaired) electrons. The predicted molar refractivity (Wildman–Crippen MR) is 145 cm³/mol. The van der Waals surface area contributed by atoms with Crippen LogP contribution in [0.5, 0.6) is 5.75 Å². The summed E-state index contributed by atoms with van der Waals surface area (Å²) >= 11 is 7.63. The van der Waals surface area contributed by atoms with Gasteiger partial charge in [-0.3, -0.25) is 4.79 Å². The third-order valence-corrected chi connectivity index (χ3v) is 8.30. The van der Waals surface area contributed by atoms with Crippen LogP contribution in [0.1, 0.15) is 76.9 Å². The first-order chi connectivity index (χ1) is 17.2. The molecule has 1 amide bonds. The van der Waals surface area contributed by atoms with Crippen molar-refractivity contribution < 1.29 is 9.53 Å². The smallest absolute Gasteiger partial charge is 0.254 e. The van der Waals surface area contributed by atoms with E-state index in [0.717, 1.165) is 64.6 Å². The molecule has 2 aromatic carbocycles. The van der Waals surface area contributed by atoms with E-state index in [2.05, 4.69) is 5.32 Å². The summed E-state index contributed by atoms with van der Waals surface area (Å²) in [6, 6.07) is 15.9. The van der Waals surface area contributed by atoms with Crippen molar-refractivity contribution in [2.75, 3.05) is 0 Å². The minimum Gasteiger partial charge on any atom is -0.489 e. The zero-order chi connectivity index (χ0) is 24.0. The van der Waals surface area contributed by atoms with Gasteiger partial charge in [0.1, 0.15) is 17.4 Å². The second-order valence-electron chi connectivity index (χ2n) is 9.44. The molecule has 0 saturated heterocycles. The molecule has 0 aliphatic heterocycles. The van der Waals surface area contributed by atoms with Crippen molar-refractivity contribution >= 4 is 40.1 Å². The zero-order valence-electron chi connectivity index (χ0n) is 19.9. The maximum absolute atomic E-state index is 13.3. The Bertz CT molecular complexity index is 1180. The summed E-state index contributed by atoms with van der Waals surface area (Å²) in [5, 5.41) is 4.88. The number of rotatable bonds is 7. The van der Waals surface area contributed by atoms with Crippen LogP contribution in [-0.2, 0) is 19.4 Å². The van der Waals surface area contributed by atoms with Gasteiger partial charge in [-0.2, -0.15) is 0 Å². The van der Waals surface area contributed by atoms with E-state index in [1.807, 2.05) is 54.7 Å². The van der Waals surface area contributed by atoms with Crippen LogP contribution in [-0.4, -0.2) is 18.2 Å². The van der Waals surface area contributed by atoms with Crippen LogP contribution in [0.3, 0.4) is 0 Å². The monoisotopic (exact) mass is 506 g/mol. The van der Waals surface area contributed by atoms with Crippen molar-refractivity contribution in [3.8, 4) is 5.75 Å². The molecule has 0 bridgehead atoms. The molecule has 1 N–H and O–H groups in total. The number of aryl methyl sites for hydroxylation is 1. The molecule has 2 aliphatic rings. The minimum atomic E-state index is 0.0643. The van der Waals surface area contributed by atoms with Gasteiger partial charge in [-0.25, -0.2) is 4.99 Å². The molecule has 3 aromatic rings. The molecule has 35 heavy (non-hydrogen) atoms. The number of benzene rings is 2. The third-order valence-electron chi connectivity index (χ3n) is 6.85. The lowest BCUT2D eigenvalue weighted by Gasteiger charge is -2.23. The van der Waals surface area contributed by atoms with Crippen LogP contribution in [0, 0.1) is 0 Å². The lowest BCUT2D eigenvalue weighted by molar-refractivity contribution is 0.0927. The van der Waals surface area contributed by atoms with E-state index >= 15 is 0 Å². The van der Waals surface area contributed by atoms with Gasteiger partial charge in [-0.1, -0.05) is 43.0 Å². The molecular weight excluding hydrogens is 476 g/mol. The molecule has 0 unspecified atom stereocenters. The Kier molecular flexibility index (Phi) is 7.85. The fourth-order valence-electron chi connectivity index (χ4n) is 4.91. The summed E-state index contributed by atoms with van der Waals surface area (Å²) in [5.41, 5.74) is 4.09. The first kappa shape index (κ1) is 24.1. The normalized spacial score (nSPS) is 16.3. The highest BCUT2D eigenvalue weighted by Gasteiger charge is 2.27. The molecule has 4 nitrogen and oxygen atoms in total. The van der Waals surface area contributed by atoms with E-state index in [1.54, 1.807) is 11.3 Å². The van der Waals surface area contributed by atoms with Crippen molar-refractivity contribution in [1.29, 1.82) is 0 Å². The first-order valence-electron chi connectivity index (χ1n) is 12.6. The van der Waals surface area contributed by atoms with Gasteiger partial charge in [-0.05, 0) is 91.6 Å². The van der Waals surface area contributed by atoms with Gasteiger partial charge < -0.3 is 10.1 Å². The fraction of sp³-hybridized carbons (Fsp3) is 0.379. The lowest BCUT2D eigenvalue weighted by atomic mass is 9.93. The average molecular weight is 507 g/mol. The second-order valence-corrected chi connectivity index (χ2v) is 11.0. The van der Waals surface area contributed by atoms with Crippen LogP contribution < -0.4 is 10.1 Å². The zero-order valence-corrected chi connectivity index (χ0v) is 21.5. The Hall–Kier alpha value is -2.63. The van der Waals surface area contributed by atoms with Crippen LogP contribution >= 0.6 is 22.9 Å². The van der Waals surface area contributed by atoms with Gasteiger partial charge in [0.25, 0.3) is 5.91 Å². The summed E-state index contributed by atoms with van der Waals surface area (Å²) in [4.78, 5) is 19.5. The SMILES string of the molecule is O=C(NC1CCCCC1)c1c(/N=C\c2ccc(OCc3ccc(Cl)cc3)cc2)sc2c1CCCC2. The predicted octanol–water partition coefficient (Wildman–Crippen LogP) is 7.67. The molecule has 6 heteroatoms. The molecule has 1 aromatic heterocycles. The number of aliphatic imine (C=N–C) groups is 1. The standard InChI is InChI=1S/C29H31ClN2O2S/c30-22-14-10-21(11-15-22)19-34-24-16-12-20(13-17-24)18-31-29-27(25-8-4-5-9-26(25)35-29)28(33)32-23-6-2-1-3-7-23/h10-18,23H,1-9,19H2,(H,32,33)/b31-18-. The molecule has 0 spiro atoms. The number of nitrogens with one attached hydrogen (secondary N) is 1. The molecule has 1 fully saturated rings. The third kappa shape index (κ3) is 6.14. The topological polar surface area (TPSA) is 50.7 Å². The van der Waals surface area contributed by atoms with Gasteiger partial charge in [-0.15, -0.1) is 11.3 Å². The van der Waals surface area contributed by atoms with Gasteiger partial charge in [0.15, 0.2) is 0 Å². The summed E-state index contributed by atoms with van der Waals surface area (Å²) in [6.07, 6.45) is 12.1. The summed E-state index contributed by atoms with van der Waals surface area (Å²) < 4.78 is 5.89. The number of thiophene rings is 1. The van der Waals surface area contributed by atoms with Crippen LogP contribution in [0.4, 0.5) is 5.00 Å². The number of carbonyl (C=O) groups excluding carboxylic acids is 1. The lowest BCUT2D eigenvalue weighted by Crippen LogP contribution is -2.36. The molecule has 2 aliphatic carbocycles. The van der Waals surface area contributed by atoms with Crippen molar-refractivity contribution in [1.82, 2.24) is 5.32 Å². The summed E-state index contributed by atoms with van der Waals surface area (Å²) in [5.74, 6) is 0.866. The van der Waals surface area contributed by atoms with Gasteiger partial charge in [0, 0.05) is 22.2 Å². The summed E-state index contributed by atoms with van der Waals surface area (Å²) in [7, 11) is 0. The van der Waals surface area contributed by atoms with Crippen molar-refractivity contribution in [3.63, 3.8) is 0 Å². The van der Waals surface area contributed by atoms with E-state index in [0.29, 0.717) is 12.6 Å². The summed E-state index contributed by atoms with van der Waals surface area (Å²) in [6.45, 7) is 0.491. The highest BCUT2D eigenvalue weighted by Crippen LogP contribution is 2.40. The number of fused-ring (bicyclic) bond motifs is 1. The second kappa shape index (κ2) is 11.4. The van der Waals surface area contributed by atoms with Crippen LogP contribution in [0.25, 0.3) is 0 Å². The van der Waals surface area contributed by atoms with Crippen molar-refractivity contribution in [2.45, 2.75) is 70.4 Å². The molecule has 182 valence electrons. The Balaban J connectivity index is 1.28. The maximum Gasteiger partial charge on any atom is 0.254 e. The Morgan fingerprint density at radius 3 is 2.51 bits per heavy atom. The van der Waals surface area contributed by atoms with E-state index in [-0.39, 0.29) is 5.91 Å². The van der Waals surface area contributed by atoms with E-state index in [1.165, 1.54) is 36.1 Å². The van der Waals surface area contributed by atoms with Crippen LogP contribution in [0.2, 0.25) is 5.02 Å².